The number of carbonyl (C=O) groups is 2. The lowest BCUT2D eigenvalue weighted by atomic mass is 10.1. The van der Waals surface area contributed by atoms with Crippen LogP contribution in [0, 0.1) is 0 Å². The third-order valence-electron chi connectivity index (χ3n) is 2.37. The predicted octanol–water partition coefficient (Wildman–Crippen LogP) is 0.852. The van der Waals surface area contributed by atoms with Crippen LogP contribution >= 0.6 is 11.8 Å². The smallest absolute Gasteiger partial charge is 0.315 e. The van der Waals surface area contributed by atoms with Gasteiger partial charge in [0.2, 0.25) is 0 Å². The van der Waals surface area contributed by atoms with E-state index in [0.717, 1.165) is 5.75 Å². The number of amidine groups is 1. The van der Waals surface area contributed by atoms with Gasteiger partial charge in [0.15, 0.2) is 5.17 Å². The van der Waals surface area contributed by atoms with Crippen LogP contribution in [0.15, 0.2) is 4.99 Å². The van der Waals surface area contributed by atoms with Gasteiger partial charge in [0.05, 0.1) is 6.54 Å². The number of nitrogens with zero attached hydrogens (tertiary/aromatic N) is 2. The van der Waals surface area contributed by atoms with E-state index < -0.39 is 11.8 Å². The topological polar surface area (TPSA) is 61.8 Å². The molecule has 1 aliphatic rings. The molecule has 0 aromatic heterocycles. The number of likely N-dealkylation sites (N-methyl/N-ethyl adjacent to an activating group) is 1. The highest BCUT2D eigenvalue weighted by atomic mass is 32.2. The molecule has 6 heteroatoms. The van der Waals surface area contributed by atoms with E-state index in [4.69, 9.17) is 0 Å². The Bertz CT molecular complexity index is 347. The van der Waals surface area contributed by atoms with Crippen molar-refractivity contribution in [3.05, 3.63) is 0 Å². The van der Waals surface area contributed by atoms with Crippen molar-refractivity contribution in [3.63, 3.8) is 0 Å². The van der Waals surface area contributed by atoms with E-state index in [2.05, 4.69) is 10.3 Å². The highest BCUT2D eigenvalue weighted by Crippen LogP contribution is 2.13. The third kappa shape index (κ3) is 3.73. The molecule has 0 unspecified atom stereocenters. The molecule has 5 nitrogen and oxygen atoms in total. The lowest BCUT2D eigenvalue weighted by Gasteiger charge is -2.34. The summed E-state index contributed by atoms with van der Waals surface area (Å²) < 4.78 is 0. The summed E-state index contributed by atoms with van der Waals surface area (Å²) in [6, 6.07) is 0. The molecule has 0 saturated heterocycles. The first-order valence-corrected chi connectivity index (χ1v) is 6.65. The van der Waals surface area contributed by atoms with Crippen LogP contribution in [0.3, 0.4) is 0 Å². The first kappa shape index (κ1) is 14.0. The maximum atomic E-state index is 12.0. The normalized spacial score (nSPS) is 15.4. The quantitative estimate of drug-likeness (QED) is 0.708. The van der Waals surface area contributed by atoms with Crippen LogP contribution in [0.4, 0.5) is 0 Å². The third-order valence-corrected chi connectivity index (χ3v) is 3.26. The maximum Gasteiger partial charge on any atom is 0.315 e. The number of hydrogen-bond acceptors (Lipinski definition) is 4. The molecule has 0 fully saturated rings. The molecule has 0 aromatic rings. The Morgan fingerprint density at radius 2 is 2.12 bits per heavy atom. The molecule has 0 saturated carbocycles. The van der Waals surface area contributed by atoms with Crippen molar-refractivity contribution in [2.24, 2.45) is 4.99 Å². The van der Waals surface area contributed by atoms with Crippen LogP contribution in [0.2, 0.25) is 0 Å². The van der Waals surface area contributed by atoms with Gasteiger partial charge in [0.1, 0.15) is 0 Å². The van der Waals surface area contributed by atoms with Crippen LogP contribution in [-0.4, -0.2) is 46.3 Å². The van der Waals surface area contributed by atoms with E-state index in [0.29, 0.717) is 18.3 Å². The minimum absolute atomic E-state index is 0.353. The fraction of sp³-hybridized carbons (Fsp3) is 0.727. The van der Waals surface area contributed by atoms with Gasteiger partial charge in [-0.2, -0.15) is 0 Å². The Morgan fingerprint density at radius 3 is 2.53 bits per heavy atom. The summed E-state index contributed by atoms with van der Waals surface area (Å²) >= 11 is 1.46. The molecule has 96 valence electrons. The van der Waals surface area contributed by atoms with Gasteiger partial charge in [0.25, 0.3) is 0 Å². The molecule has 1 N–H and O–H groups in total. The van der Waals surface area contributed by atoms with E-state index in [1.807, 2.05) is 27.7 Å². The number of amides is 2. The van der Waals surface area contributed by atoms with E-state index in [1.165, 1.54) is 11.8 Å². The number of thioether (sulfide) groups is 1. The van der Waals surface area contributed by atoms with Gasteiger partial charge in [-0.25, -0.2) is 0 Å². The molecule has 0 aliphatic carbocycles. The summed E-state index contributed by atoms with van der Waals surface area (Å²) in [6.07, 6.45) is 0. The lowest BCUT2D eigenvalue weighted by molar-refractivity contribution is -0.148. The molecule has 17 heavy (non-hydrogen) atoms. The Balaban J connectivity index is 2.64. The molecule has 2 amide bonds. The Labute approximate surface area is 106 Å². The number of carbonyl (C=O) groups excluding carboxylic acids is 2. The fourth-order valence-corrected chi connectivity index (χ4v) is 2.33. The second-order valence-corrected chi connectivity index (χ2v) is 5.79. The van der Waals surface area contributed by atoms with Crippen molar-refractivity contribution < 1.29 is 9.59 Å². The molecule has 0 spiro atoms. The van der Waals surface area contributed by atoms with E-state index >= 15 is 0 Å². The number of rotatable bonds is 1. The molecule has 0 radical (unpaired) electrons. The second kappa shape index (κ2) is 5.53. The van der Waals surface area contributed by atoms with E-state index in [9.17, 15) is 9.59 Å². The Hall–Kier alpha value is -1.04. The molecule has 1 aliphatic heterocycles. The second-order valence-electron chi connectivity index (χ2n) is 4.71. The minimum atomic E-state index is -0.602. The molecular formula is C11H19N3O2S. The number of hydrogen-bond donors (Lipinski definition) is 1. The highest BCUT2D eigenvalue weighted by molar-refractivity contribution is 8.14. The van der Waals surface area contributed by atoms with Crippen molar-refractivity contribution in [3.8, 4) is 0 Å². The fourth-order valence-electron chi connectivity index (χ4n) is 1.61. The van der Waals surface area contributed by atoms with Crippen LogP contribution in [0.25, 0.3) is 0 Å². The number of aliphatic imine (C=N–C) groups is 1. The van der Waals surface area contributed by atoms with Crippen LogP contribution in [-0.2, 0) is 9.59 Å². The predicted molar refractivity (Wildman–Crippen MR) is 70.0 cm³/mol. The Morgan fingerprint density at radius 1 is 1.47 bits per heavy atom. The zero-order chi connectivity index (χ0) is 13.1. The molecule has 1 heterocycles. The van der Waals surface area contributed by atoms with Crippen molar-refractivity contribution in [1.82, 2.24) is 10.2 Å². The zero-order valence-electron chi connectivity index (χ0n) is 10.7. The average Bonchev–Trinajstić information content (AvgIpc) is 2.69. The van der Waals surface area contributed by atoms with Crippen LogP contribution < -0.4 is 5.32 Å². The van der Waals surface area contributed by atoms with Crippen molar-refractivity contribution in [2.75, 3.05) is 18.8 Å². The summed E-state index contributed by atoms with van der Waals surface area (Å²) in [6.45, 7) is 8.79. The van der Waals surface area contributed by atoms with Crippen LogP contribution in [0.1, 0.15) is 27.7 Å². The highest BCUT2D eigenvalue weighted by Gasteiger charge is 2.30. The molecule has 0 bridgehead atoms. The minimum Gasteiger partial charge on any atom is -0.330 e. The zero-order valence-corrected chi connectivity index (χ0v) is 11.6. The van der Waals surface area contributed by atoms with Gasteiger partial charge < -0.3 is 4.90 Å². The van der Waals surface area contributed by atoms with Crippen molar-refractivity contribution in [2.45, 2.75) is 33.2 Å². The summed E-state index contributed by atoms with van der Waals surface area (Å²) in [5.41, 5.74) is -0.353. The molecule has 0 aromatic carbocycles. The monoisotopic (exact) mass is 257 g/mol. The first-order valence-electron chi connectivity index (χ1n) is 5.66. The van der Waals surface area contributed by atoms with Crippen molar-refractivity contribution >= 4 is 28.7 Å². The maximum absolute atomic E-state index is 12.0. The largest absolute Gasteiger partial charge is 0.330 e. The standard InChI is InChI=1S/C11H19N3O2S/c1-5-14(11(2,3)4)9(16)8(15)13-10-12-6-7-17-10/h5-7H2,1-4H3,(H,12,13,15). The lowest BCUT2D eigenvalue weighted by Crippen LogP contribution is -2.52. The molecule has 1 rings (SSSR count). The summed E-state index contributed by atoms with van der Waals surface area (Å²) in [5.74, 6) is -0.245. The van der Waals surface area contributed by atoms with Gasteiger partial charge >= 0.3 is 11.8 Å². The van der Waals surface area contributed by atoms with Crippen molar-refractivity contribution in [1.29, 1.82) is 0 Å². The summed E-state index contributed by atoms with van der Waals surface area (Å²) in [5, 5.41) is 3.10. The molecule has 0 atom stereocenters. The van der Waals surface area contributed by atoms with Crippen LogP contribution in [0.5, 0.6) is 0 Å². The van der Waals surface area contributed by atoms with Gasteiger partial charge in [-0.1, -0.05) is 11.8 Å². The molecular weight excluding hydrogens is 238 g/mol. The van der Waals surface area contributed by atoms with Gasteiger partial charge in [-0.15, -0.1) is 0 Å². The first-order chi connectivity index (χ1) is 7.86. The summed E-state index contributed by atoms with van der Waals surface area (Å²) in [4.78, 5) is 29.3. The van der Waals surface area contributed by atoms with Gasteiger partial charge in [-0.3, -0.25) is 19.9 Å². The van der Waals surface area contributed by atoms with E-state index in [-0.39, 0.29) is 5.54 Å². The summed E-state index contributed by atoms with van der Waals surface area (Å²) in [7, 11) is 0. The Kier molecular flexibility index (Phi) is 4.56. The van der Waals surface area contributed by atoms with E-state index in [1.54, 1.807) is 4.90 Å². The SMILES string of the molecule is CCN(C(=O)C(=O)NC1=NCCS1)C(C)(C)C. The number of nitrogens with one attached hydrogen (secondary N) is 1. The van der Waals surface area contributed by atoms with Gasteiger partial charge in [0, 0.05) is 17.8 Å². The van der Waals surface area contributed by atoms with Gasteiger partial charge in [-0.05, 0) is 27.7 Å². The average molecular weight is 257 g/mol.